The fraction of sp³-hybridized carbons (Fsp3) is 0.227. The van der Waals surface area contributed by atoms with E-state index in [-0.39, 0.29) is 29.4 Å². The number of hydrogen-bond acceptors (Lipinski definition) is 5. The molecule has 0 radical (unpaired) electrons. The van der Waals surface area contributed by atoms with Gasteiger partial charge < -0.3 is 10.7 Å². The second-order valence-corrected chi connectivity index (χ2v) is 9.56. The van der Waals surface area contributed by atoms with Gasteiger partial charge in [0, 0.05) is 34.3 Å². The summed E-state index contributed by atoms with van der Waals surface area (Å²) in [5, 5.41) is 0.524. The van der Waals surface area contributed by atoms with Crippen molar-refractivity contribution in [2.75, 3.05) is 0 Å². The molecule has 3 atom stereocenters. The van der Waals surface area contributed by atoms with E-state index in [0.717, 1.165) is 20.8 Å². The van der Waals surface area contributed by atoms with Gasteiger partial charge in [0.1, 0.15) is 4.38 Å². The Morgan fingerprint density at radius 3 is 2.66 bits per heavy atom. The fourth-order valence-electron chi connectivity index (χ4n) is 3.39. The third kappa shape index (κ3) is 4.26. The topological polar surface area (TPSA) is 88.3 Å². The van der Waals surface area contributed by atoms with Crippen LogP contribution in [0.25, 0.3) is 10.9 Å². The van der Waals surface area contributed by atoms with Crippen LogP contribution in [-0.2, 0) is 4.79 Å². The number of benzene rings is 2. The number of nitrogens with one attached hydrogen (secondary N) is 1. The van der Waals surface area contributed by atoms with E-state index in [4.69, 9.17) is 5.73 Å². The minimum Gasteiger partial charge on any atom is -0.370 e. The molecule has 3 aromatic rings. The van der Waals surface area contributed by atoms with Crippen LogP contribution in [0.4, 0.5) is 0 Å². The van der Waals surface area contributed by atoms with Crippen molar-refractivity contribution in [1.29, 1.82) is 0 Å². The lowest BCUT2D eigenvalue weighted by Gasteiger charge is -2.16. The molecular weight excluding hydrogens is 402 g/mol. The first-order valence-electron chi connectivity index (χ1n) is 9.37. The van der Waals surface area contributed by atoms with E-state index in [2.05, 4.69) is 9.98 Å². The summed E-state index contributed by atoms with van der Waals surface area (Å²) in [4.78, 5) is 32.8. The van der Waals surface area contributed by atoms with Gasteiger partial charge in [-0.1, -0.05) is 72.1 Å². The van der Waals surface area contributed by atoms with Gasteiger partial charge in [-0.15, -0.1) is 0 Å². The van der Waals surface area contributed by atoms with Crippen LogP contribution >= 0.6 is 23.5 Å². The number of Topliss-reactive ketones (excluding diaryl/α,β-unsaturated/α-hetero) is 1. The molecule has 0 spiro atoms. The molecule has 7 heteroatoms. The highest BCUT2D eigenvalue weighted by Gasteiger charge is 2.33. The number of para-hydroxylation sites is 1. The summed E-state index contributed by atoms with van der Waals surface area (Å²) in [6.07, 6.45) is 2.07. The lowest BCUT2D eigenvalue weighted by atomic mass is 10.0. The monoisotopic (exact) mass is 423 g/mol. The van der Waals surface area contributed by atoms with Gasteiger partial charge in [-0.2, -0.15) is 0 Å². The molecule has 2 aromatic carbocycles. The number of thioether (sulfide) groups is 2. The lowest BCUT2D eigenvalue weighted by molar-refractivity contribution is -0.118. The Balaban J connectivity index is 1.64. The van der Waals surface area contributed by atoms with E-state index in [1.165, 1.54) is 11.8 Å². The van der Waals surface area contributed by atoms with E-state index in [1.807, 2.05) is 61.5 Å². The van der Waals surface area contributed by atoms with E-state index < -0.39 is 5.25 Å². The summed E-state index contributed by atoms with van der Waals surface area (Å²) < 4.78 is 0.825. The standard InChI is InChI=1S/C22H21N3O2S2/c1-13-18(11-19(23)26)28-22(25-13)29-21(14-7-3-2-4-8-14)20(27)16-12-24-17-10-6-5-9-15(16)17/h2-10,12-13,18,21,24H,11H2,1H3,(H2,23,26). The van der Waals surface area contributed by atoms with Crippen LogP contribution in [0.5, 0.6) is 0 Å². The highest BCUT2D eigenvalue weighted by atomic mass is 32.2. The zero-order valence-corrected chi connectivity index (χ0v) is 17.5. The Kier molecular flexibility index (Phi) is 5.78. The van der Waals surface area contributed by atoms with Crippen LogP contribution in [0.1, 0.15) is 34.5 Å². The average molecular weight is 424 g/mol. The number of aromatic amines is 1. The van der Waals surface area contributed by atoms with E-state index in [1.54, 1.807) is 18.0 Å². The summed E-state index contributed by atoms with van der Waals surface area (Å²) in [6, 6.07) is 17.5. The third-order valence-corrected chi connectivity index (χ3v) is 7.69. The highest BCUT2D eigenvalue weighted by Crippen LogP contribution is 2.42. The van der Waals surface area contributed by atoms with Crippen molar-refractivity contribution in [3.63, 3.8) is 0 Å². The molecule has 29 heavy (non-hydrogen) atoms. The number of H-pyrrole nitrogens is 1. The minimum absolute atomic E-state index is 0.00499. The number of fused-ring (bicyclic) bond motifs is 1. The molecular formula is C22H21N3O2S2. The van der Waals surface area contributed by atoms with Gasteiger partial charge in [0.15, 0.2) is 5.78 Å². The van der Waals surface area contributed by atoms with Crippen LogP contribution in [0.3, 0.4) is 0 Å². The maximum absolute atomic E-state index is 13.6. The number of carbonyl (C=O) groups is 2. The molecule has 3 N–H and O–H groups in total. The summed E-state index contributed by atoms with van der Waals surface area (Å²) in [5.41, 5.74) is 7.92. The maximum Gasteiger partial charge on any atom is 0.218 e. The molecule has 0 fully saturated rings. The largest absolute Gasteiger partial charge is 0.370 e. The molecule has 4 rings (SSSR count). The van der Waals surface area contributed by atoms with Gasteiger partial charge in [0.25, 0.3) is 0 Å². The maximum atomic E-state index is 13.6. The number of aliphatic imine (C=N–C) groups is 1. The Morgan fingerprint density at radius 1 is 1.17 bits per heavy atom. The predicted molar refractivity (Wildman–Crippen MR) is 121 cm³/mol. The first-order valence-corrected chi connectivity index (χ1v) is 11.1. The number of primary amides is 1. The summed E-state index contributed by atoms with van der Waals surface area (Å²) in [7, 11) is 0. The van der Waals surface area contributed by atoms with E-state index >= 15 is 0 Å². The summed E-state index contributed by atoms with van der Waals surface area (Å²) >= 11 is 2.99. The van der Waals surface area contributed by atoms with Crippen LogP contribution in [0, 0.1) is 0 Å². The van der Waals surface area contributed by atoms with Crippen LogP contribution < -0.4 is 5.73 Å². The number of rotatable bonds is 6. The zero-order chi connectivity index (χ0) is 20.4. The SMILES string of the molecule is CC1N=C(SC(C(=O)c2c[nH]c3ccccc23)c2ccccc2)SC1CC(N)=O. The quantitative estimate of drug-likeness (QED) is 0.569. The molecule has 5 nitrogen and oxygen atoms in total. The van der Waals surface area contributed by atoms with Crippen molar-refractivity contribution in [2.24, 2.45) is 10.7 Å². The number of hydrogen-bond donors (Lipinski definition) is 2. The average Bonchev–Trinajstić information content (AvgIpc) is 3.29. The number of nitrogens with two attached hydrogens (primary N) is 1. The second kappa shape index (κ2) is 8.47. The van der Waals surface area contributed by atoms with Gasteiger partial charge in [-0.05, 0) is 18.6 Å². The molecule has 2 heterocycles. The van der Waals surface area contributed by atoms with Gasteiger partial charge in [-0.3, -0.25) is 14.6 Å². The third-order valence-electron chi connectivity index (χ3n) is 4.92. The van der Waals surface area contributed by atoms with Crippen molar-refractivity contribution in [2.45, 2.75) is 29.9 Å². The molecule has 1 aromatic heterocycles. The fourth-order valence-corrected chi connectivity index (χ4v) is 6.22. The van der Waals surface area contributed by atoms with Crippen LogP contribution in [0.15, 0.2) is 65.8 Å². The Bertz CT molecular complexity index is 1080. The molecule has 1 aliphatic rings. The van der Waals surface area contributed by atoms with Crippen LogP contribution in [-0.4, -0.2) is 32.3 Å². The molecule has 1 aliphatic heterocycles. The molecule has 1 amide bonds. The molecule has 0 saturated heterocycles. The Hall–Kier alpha value is -2.51. The number of carbonyl (C=O) groups excluding carboxylic acids is 2. The van der Waals surface area contributed by atoms with Gasteiger partial charge in [0.05, 0.1) is 11.3 Å². The summed E-state index contributed by atoms with van der Waals surface area (Å²) in [6.45, 7) is 1.98. The first kappa shape index (κ1) is 19.8. The number of aromatic nitrogens is 1. The van der Waals surface area contributed by atoms with Gasteiger partial charge >= 0.3 is 0 Å². The van der Waals surface area contributed by atoms with E-state index in [0.29, 0.717) is 5.56 Å². The lowest BCUT2D eigenvalue weighted by Crippen LogP contribution is -2.22. The molecule has 3 unspecified atom stereocenters. The molecule has 0 bridgehead atoms. The van der Waals surface area contributed by atoms with Crippen LogP contribution in [0.2, 0.25) is 0 Å². The number of ketones is 1. The normalized spacial score (nSPS) is 19.8. The molecule has 148 valence electrons. The van der Waals surface area contributed by atoms with Crippen molar-refractivity contribution in [3.8, 4) is 0 Å². The highest BCUT2D eigenvalue weighted by molar-refractivity contribution is 8.39. The Morgan fingerprint density at radius 2 is 1.90 bits per heavy atom. The molecule has 0 aliphatic carbocycles. The van der Waals surface area contributed by atoms with Gasteiger partial charge in [-0.25, -0.2) is 0 Å². The smallest absolute Gasteiger partial charge is 0.218 e. The first-order chi connectivity index (χ1) is 14.0. The Labute approximate surface area is 177 Å². The molecule has 0 saturated carbocycles. The summed E-state index contributed by atoms with van der Waals surface area (Å²) in [5.74, 6) is -0.293. The van der Waals surface area contributed by atoms with E-state index in [9.17, 15) is 9.59 Å². The van der Waals surface area contributed by atoms with Crippen molar-refractivity contribution < 1.29 is 9.59 Å². The second-order valence-electron chi connectivity index (χ2n) is 6.98. The number of nitrogens with zero attached hydrogens (tertiary/aromatic N) is 1. The van der Waals surface area contributed by atoms with Crippen molar-refractivity contribution >= 4 is 50.5 Å². The van der Waals surface area contributed by atoms with Crippen molar-refractivity contribution in [3.05, 3.63) is 71.9 Å². The minimum atomic E-state index is -0.416. The van der Waals surface area contributed by atoms with Gasteiger partial charge in [0.2, 0.25) is 5.91 Å². The van der Waals surface area contributed by atoms with Crippen molar-refractivity contribution in [1.82, 2.24) is 4.98 Å². The predicted octanol–water partition coefficient (Wildman–Crippen LogP) is 4.56. The zero-order valence-electron chi connectivity index (χ0n) is 15.9. The number of amides is 1.